The van der Waals surface area contributed by atoms with Gasteiger partial charge in [-0.25, -0.2) is 0 Å². The second-order valence-corrected chi connectivity index (χ2v) is 56.1. The van der Waals surface area contributed by atoms with Crippen molar-refractivity contribution in [2.75, 3.05) is 28.4 Å². The zero-order chi connectivity index (χ0) is 114. The fourth-order valence-corrected chi connectivity index (χ4v) is 20.8. The zero-order valence-corrected chi connectivity index (χ0v) is 107. The molecule has 0 saturated heterocycles. The lowest BCUT2D eigenvalue weighted by atomic mass is 9.97. The van der Waals surface area contributed by atoms with Crippen molar-refractivity contribution in [2.45, 2.75) is 534 Å². The molecule has 12 nitrogen and oxygen atoms in total. The van der Waals surface area contributed by atoms with E-state index >= 15 is 0 Å². The van der Waals surface area contributed by atoms with Crippen LogP contribution in [0.25, 0.3) is 0 Å². The van der Waals surface area contributed by atoms with E-state index in [2.05, 4.69) is 329 Å². The lowest BCUT2D eigenvalue weighted by Gasteiger charge is -2.33. The first-order valence-electron chi connectivity index (χ1n) is 56.0. The van der Waals surface area contributed by atoms with Gasteiger partial charge >= 0.3 is 30.4 Å². The van der Waals surface area contributed by atoms with Crippen molar-refractivity contribution in [3.8, 4) is 0 Å². The maximum Gasteiger partial charge on any atom is 0.336 e. The molecule has 0 aromatic carbocycles. The van der Waals surface area contributed by atoms with Crippen LogP contribution in [0.2, 0.25) is 0 Å². The Kier molecular flexibility index (Phi) is 87.1. The van der Waals surface area contributed by atoms with Gasteiger partial charge in [0.05, 0.1) is 20.6 Å². The van der Waals surface area contributed by atoms with Gasteiger partial charge in [0.15, 0.2) is 0 Å². The van der Waals surface area contributed by atoms with E-state index in [4.69, 9.17) is 18.1 Å². The Labute approximate surface area is 922 Å². The molecule has 0 unspecified atom stereocenters. The normalized spacial score (nSPS) is 14.7. The number of rotatable bonds is 72. The molecule has 0 fully saturated rings. The van der Waals surface area contributed by atoms with E-state index in [0.29, 0.717) is 51.4 Å². The molecule has 0 aromatic heterocycles. The molecule has 0 atom stereocenters. The van der Waals surface area contributed by atoms with Crippen LogP contribution in [0, 0.1) is 0 Å². The predicted molar refractivity (Wildman–Crippen MR) is 668 cm³/mol. The van der Waals surface area contributed by atoms with E-state index in [1.165, 1.54) is 162 Å². The third kappa shape index (κ3) is 80.8. The van der Waals surface area contributed by atoms with Crippen LogP contribution in [0.3, 0.4) is 0 Å². The predicted octanol–water partition coefficient (Wildman–Crippen LogP) is 45.4. The van der Waals surface area contributed by atoms with Crippen molar-refractivity contribution in [1.82, 2.24) is 0 Å². The van der Waals surface area contributed by atoms with Crippen molar-refractivity contribution in [1.29, 1.82) is 0 Å². The molecule has 0 heterocycles. The molecule has 0 aromatic rings. The molecule has 0 aliphatic heterocycles. The second kappa shape index (κ2) is 85.5. The van der Waals surface area contributed by atoms with Gasteiger partial charge in [-0.2, -0.15) is 0 Å². The molecular weight excluding hydrogens is 1910 g/mol. The summed E-state index contributed by atoms with van der Waals surface area (Å²) in [6.45, 7) is 76.3. The maximum absolute atomic E-state index is 13.7. The summed E-state index contributed by atoms with van der Waals surface area (Å²) in [6.07, 6.45) is 91.8. The lowest BCUT2D eigenvalue weighted by Crippen LogP contribution is -2.25. The first-order valence-corrected chi connectivity index (χ1v) is 62.3. The molecular formula is C133H232O12P4. The highest BCUT2D eigenvalue weighted by Crippen LogP contribution is 2.64. The Morgan fingerprint density at radius 1 is 0.168 bits per heavy atom. The Hall–Kier alpha value is -5.64. The summed E-state index contributed by atoms with van der Waals surface area (Å²) in [4.78, 5) is 40.3. The topological polar surface area (TPSA) is 186 Å². The molecule has 0 rings (SSSR count). The van der Waals surface area contributed by atoms with Gasteiger partial charge in [0, 0.05) is 28.4 Å². The van der Waals surface area contributed by atoms with Crippen LogP contribution in [0.15, 0.2) is 280 Å². The van der Waals surface area contributed by atoms with Crippen LogP contribution in [0.1, 0.15) is 514 Å². The summed E-state index contributed by atoms with van der Waals surface area (Å²) in [5.74, 6) is 0. The summed E-state index contributed by atoms with van der Waals surface area (Å²) in [5, 5.41) is -3.32. The third-order valence-electron chi connectivity index (χ3n) is 27.8. The Balaban J connectivity index is -0.000000638. The van der Waals surface area contributed by atoms with E-state index in [-0.39, 0.29) is 7.43 Å². The van der Waals surface area contributed by atoms with E-state index in [0.717, 1.165) is 205 Å². The van der Waals surface area contributed by atoms with Gasteiger partial charge in [-0.3, -0.25) is 18.3 Å². The molecule has 0 amide bonds. The molecule has 149 heavy (non-hydrogen) atoms. The molecule has 0 saturated carbocycles. The maximum atomic E-state index is 13.7. The third-order valence-corrected chi connectivity index (χ3v) is 36.6. The van der Waals surface area contributed by atoms with Crippen LogP contribution in [-0.4, -0.2) is 68.6 Å². The van der Waals surface area contributed by atoms with Gasteiger partial charge in [-0.05, 0) is 506 Å². The van der Waals surface area contributed by atoms with Gasteiger partial charge in [0.25, 0.3) is 0 Å². The van der Waals surface area contributed by atoms with Gasteiger partial charge < -0.3 is 37.7 Å². The van der Waals surface area contributed by atoms with Crippen molar-refractivity contribution in [2.24, 2.45) is 0 Å². The number of allylic oxidation sites excluding steroid dienone is 48. The van der Waals surface area contributed by atoms with E-state index in [9.17, 15) is 37.8 Å². The van der Waals surface area contributed by atoms with E-state index in [1.807, 2.05) is 52.0 Å². The zero-order valence-electron chi connectivity index (χ0n) is 103. The standard InChI is InChI=1S/C44H75O3P.C42H71O3P.C24H43O3P.C22H39O3P.CH4/c1-36(2)20-14-22-38(5)24-16-26-40(7)28-18-30-42(9)32-34-44(11,48(45,46-12)47-13)35-33-43(10)31-19-29-41(8)27-17-25-39(6)23-15-21-37(3)4;1-34(2)18-12-20-36(5)22-14-24-38(7)26-16-28-40(9)30-32-42(11,46(43,44)45)33-31-41(10)29-17-27-39(8)25-15-23-37(6)21-13-19-35(3)4;1-20(2)12-10-14-22(5)16-18-24(7,28(25,26-8)27-9)19-17-23(6)15-11-13-21(3)4;1-18(2)10-8-12-20(5)14-16-22(7,26(23,24)25)17-15-21(6)13-9-11-19(3)4;/h20-21,24-25,28-29,32-33H,14-19,22-23,26-27,30-31,34-35H2,1-13H3;18-19,22-23,26-27,30-31H,12-17,20-21,24-25,28-29,32-33H2,1-11H3,(H2,43,44,45);12-13,16-17H,10-11,14-15,18-19H2,1-9H3;10-11,14-15H,8-9,12-13,16-17H2,1-7H3,(H2,23,24,25);1H4/b38-24+,39-25+,40-28+,41-29+,42-32+,43-33+;36-22+,37-23+,38-26+,39-27+,40-30+,41-31+;22-16+,23-17+;20-14+,21-15+;. The molecule has 0 spiro atoms. The van der Waals surface area contributed by atoms with Crippen LogP contribution in [-0.2, 0) is 36.4 Å². The monoisotopic (exact) mass is 2150 g/mol. The quantitative estimate of drug-likeness (QED) is 0.0334. The van der Waals surface area contributed by atoms with Crippen LogP contribution in [0.5, 0.6) is 0 Å². The van der Waals surface area contributed by atoms with Crippen LogP contribution >= 0.6 is 30.4 Å². The van der Waals surface area contributed by atoms with Crippen LogP contribution in [0.4, 0.5) is 0 Å². The molecule has 0 aliphatic carbocycles. The first-order chi connectivity index (χ1) is 68.9. The molecule has 0 aliphatic rings. The first kappa shape index (κ1) is 152. The fraction of sp³-hybridized carbons (Fsp3) is 0.639. The summed E-state index contributed by atoms with van der Waals surface area (Å²) in [6, 6.07) is 0. The second-order valence-electron chi connectivity index (χ2n) is 46.1. The number of hydrogen-bond acceptors (Lipinski definition) is 8. The highest BCUT2D eigenvalue weighted by molar-refractivity contribution is 7.56. The van der Waals surface area contributed by atoms with Crippen molar-refractivity contribution >= 4 is 30.4 Å². The summed E-state index contributed by atoms with van der Waals surface area (Å²) >= 11 is 0. The smallest absolute Gasteiger partial charge is 0.324 e. The van der Waals surface area contributed by atoms with Crippen molar-refractivity contribution in [3.05, 3.63) is 280 Å². The van der Waals surface area contributed by atoms with Crippen molar-refractivity contribution in [3.63, 3.8) is 0 Å². The molecule has 4 N–H and O–H groups in total. The summed E-state index contributed by atoms with van der Waals surface area (Å²) < 4.78 is 73.6. The minimum atomic E-state index is -4.28. The summed E-state index contributed by atoms with van der Waals surface area (Å²) in [5.41, 5.74) is 32.5. The minimum absolute atomic E-state index is 0. The van der Waals surface area contributed by atoms with Gasteiger partial charge in [0.1, 0.15) is 0 Å². The van der Waals surface area contributed by atoms with Gasteiger partial charge in [-0.15, -0.1) is 0 Å². The minimum Gasteiger partial charge on any atom is -0.324 e. The largest absolute Gasteiger partial charge is 0.336 e. The lowest BCUT2D eigenvalue weighted by molar-refractivity contribution is 0.246. The van der Waals surface area contributed by atoms with Crippen LogP contribution < -0.4 is 0 Å². The van der Waals surface area contributed by atoms with Crippen molar-refractivity contribution < 1.29 is 55.9 Å². The molecule has 16 heteroatoms. The Morgan fingerprint density at radius 2 is 0.255 bits per heavy atom. The molecule has 856 valence electrons. The molecule has 0 radical (unpaired) electrons. The fourth-order valence-electron chi connectivity index (χ4n) is 16.2. The SMILES string of the molecule is C.CC(C)=CCC/C(C)=C/CC(C)(C/C=C(\C)CCC=C(C)C)P(=O)(O)O.CC(C)=CCC/C(C)=C/CC/C(C)=C/CC/C(C)=C/CC(C)(C/C=C(\C)CC/C=C(\C)CC/C=C(\C)CCC=C(C)C)P(=O)(O)O.COP(=O)(OC)C(C)(C/C=C(\C)CC/C=C(\C)CC/C=C(\C)CCC=C(C)C)C/C=C(\C)CC/C=C(\C)CC/C=C(\C)CCC=C(C)C.COP(=O)(OC)C(C)(C/C=C(\C)CCC=C(C)C)C/C=C(\C)CCC=C(C)C. The highest BCUT2D eigenvalue weighted by Gasteiger charge is 2.46. The van der Waals surface area contributed by atoms with E-state index < -0.39 is 51.0 Å². The van der Waals surface area contributed by atoms with Gasteiger partial charge in [0.2, 0.25) is 0 Å². The van der Waals surface area contributed by atoms with E-state index in [1.54, 1.807) is 13.8 Å². The highest BCUT2D eigenvalue weighted by atomic mass is 31.2. The molecule has 0 bridgehead atoms. The van der Waals surface area contributed by atoms with Gasteiger partial charge in [-0.1, -0.05) is 287 Å². The summed E-state index contributed by atoms with van der Waals surface area (Å²) in [7, 11) is -8.99. The average Bonchev–Trinajstić information content (AvgIpc) is 0.797. The number of hydrogen-bond donors (Lipinski definition) is 4. The Morgan fingerprint density at radius 3 is 0.342 bits per heavy atom. The Bertz CT molecular complexity index is 4550. The average molecular weight is 2150 g/mol.